The monoisotopic (exact) mass is 339 g/mol. The van der Waals surface area contributed by atoms with E-state index in [1.165, 1.54) is 49.3 Å². The Morgan fingerprint density at radius 3 is 2.32 bits per heavy atom. The van der Waals surface area contributed by atoms with Crippen LogP contribution in [0.1, 0.15) is 0 Å². The molecule has 0 aliphatic carbocycles. The average molecular weight is 339 g/mol. The molecule has 0 unspecified atom stereocenters. The van der Waals surface area contributed by atoms with Crippen LogP contribution in [0.4, 0.5) is 11.4 Å². The smallest absolute Gasteiger partial charge is 0.0470 e. The second-order valence-corrected chi connectivity index (χ2v) is 7.15. The second-order valence-electron chi connectivity index (χ2n) is 6.30. The summed E-state index contributed by atoms with van der Waals surface area (Å²) in [6.07, 6.45) is 2.14. The fourth-order valence-corrected chi connectivity index (χ4v) is 4.38. The molecule has 0 spiro atoms. The number of hydrogen-bond acceptors (Lipinski definition) is 2. The van der Waals surface area contributed by atoms with Crippen molar-refractivity contribution in [2.75, 3.05) is 11.6 Å². The number of rotatable bonds is 2. The first kappa shape index (κ1) is 14.6. The van der Waals surface area contributed by atoms with Gasteiger partial charge in [0.2, 0.25) is 0 Å². The maximum Gasteiger partial charge on any atom is 0.0470 e. The molecule has 0 saturated carbocycles. The maximum absolute atomic E-state index is 3.58. The van der Waals surface area contributed by atoms with E-state index in [1.807, 2.05) is 0 Å². The maximum atomic E-state index is 3.58. The number of para-hydroxylation sites is 1. The normalized spacial score (nSPS) is 11.9. The highest BCUT2D eigenvalue weighted by Crippen LogP contribution is 2.46. The summed E-state index contributed by atoms with van der Waals surface area (Å²) in [6.45, 7) is 0. The Morgan fingerprint density at radius 2 is 1.44 bits per heavy atom. The van der Waals surface area contributed by atoms with Crippen molar-refractivity contribution in [3.8, 4) is 22.3 Å². The van der Waals surface area contributed by atoms with E-state index in [0.717, 1.165) is 0 Å². The highest BCUT2D eigenvalue weighted by Gasteiger charge is 2.19. The van der Waals surface area contributed by atoms with Crippen molar-refractivity contribution in [1.82, 2.24) is 0 Å². The van der Waals surface area contributed by atoms with E-state index in [4.69, 9.17) is 0 Å². The molecule has 1 heterocycles. The van der Waals surface area contributed by atoms with E-state index in [-0.39, 0.29) is 0 Å². The minimum Gasteiger partial charge on any atom is -0.354 e. The molecule has 1 N–H and O–H groups in total. The highest BCUT2D eigenvalue weighted by atomic mass is 32.2. The van der Waals surface area contributed by atoms with Crippen molar-refractivity contribution in [3.05, 3.63) is 78.9 Å². The number of thioether (sulfide) groups is 1. The van der Waals surface area contributed by atoms with Crippen LogP contribution in [-0.2, 0) is 0 Å². The van der Waals surface area contributed by atoms with Gasteiger partial charge in [-0.25, -0.2) is 0 Å². The topological polar surface area (TPSA) is 12.0 Å². The van der Waals surface area contributed by atoms with Crippen LogP contribution in [0.5, 0.6) is 0 Å². The number of nitrogens with one attached hydrogen (secondary N) is 1. The third kappa shape index (κ3) is 2.25. The summed E-state index contributed by atoms with van der Waals surface area (Å²) in [5.74, 6) is 0. The molecular weight excluding hydrogens is 322 g/mol. The summed E-state index contributed by atoms with van der Waals surface area (Å²) in [6, 6.07) is 28.4. The van der Waals surface area contributed by atoms with Gasteiger partial charge in [0.05, 0.1) is 0 Å². The molecule has 120 valence electrons. The van der Waals surface area contributed by atoms with Crippen LogP contribution in [-0.4, -0.2) is 6.26 Å². The largest absolute Gasteiger partial charge is 0.354 e. The van der Waals surface area contributed by atoms with Gasteiger partial charge in [0.15, 0.2) is 0 Å². The second kappa shape index (κ2) is 5.68. The minimum atomic E-state index is 1.18. The number of fused-ring (bicyclic) bond motifs is 2. The van der Waals surface area contributed by atoms with Gasteiger partial charge in [0, 0.05) is 27.2 Å². The first-order valence-corrected chi connectivity index (χ1v) is 9.64. The van der Waals surface area contributed by atoms with E-state index in [0.29, 0.717) is 0 Å². The standard InChI is InChI=1S/C23H17NS/c1-25-22-12-5-3-8-17(22)16-13-15-7-6-11-21-23(15)19(14-16)18-9-2-4-10-20(18)24-21/h2-14,24H,1H3. The molecule has 1 aliphatic rings. The lowest BCUT2D eigenvalue weighted by Crippen LogP contribution is -2.01. The van der Waals surface area contributed by atoms with Crippen molar-refractivity contribution >= 4 is 33.9 Å². The van der Waals surface area contributed by atoms with Gasteiger partial charge in [0.25, 0.3) is 0 Å². The van der Waals surface area contributed by atoms with E-state index < -0.39 is 0 Å². The van der Waals surface area contributed by atoms with Crippen molar-refractivity contribution in [1.29, 1.82) is 0 Å². The average Bonchev–Trinajstić information content (AvgIpc) is 2.68. The molecular formula is C23H17NS. The molecule has 0 fully saturated rings. The Balaban J connectivity index is 1.86. The van der Waals surface area contributed by atoms with Gasteiger partial charge in [-0.2, -0.15) is 0 Å². The Labute approximate surface area is 151 Å². The van der Waals surface area contributed by atoms with Gasteiger partial charge >= 0.3 is 0 Å². The van der Waals surface area contributed by atoms with Crippen molar-refractivity contribution < 1.29 is 0 Å². The Morgan fingerprint density at radius 1 is 0.680 bits per heavy atom. The number of benzene rings is 4. The van der Waals surface area contributed by atoms with Crippen LogP contribution in [0, 0.1) is 0 Å². The van der Waals surface area contributed by atoms with Crippen LogP contribution in [0.25, 0.3) is 33.0 Å². The van der Waals surface area contributed by atoms with Gasteiger partial charge in [-0.05, 0) is 58.7 Å². The molecule has 0 saturated heterocycles. The zero-order valence-corrected chi connectivity index (χ0v) is 14.7. The molecule has 1 aliphatic heterocycles. The molecule has 0 amide bonds. The Kier molecular flexibility index (Phi) is 3.32. The van der Waals surface area contributed by atoms with Crippen molar-refractivity contribution in [2.45, 2.75) is 4.90 Å². The summed E-state index contributed by atoms with van der Waals surface area (Å²) in [5, 5.41) is 6.17. The third-order valence-corrected chi connectivity index (χ3v) is 5.68. The Bertz CT molecular complexity index is 1110. The number of anilines is 2. The molecule has 1 nitrogen and oxygen atoms in total. The molecule has 0 aromatic heterocycles. The fraction of sp³-hybridized carbons (Fsp3) is 0.0435. The van der Waals surface area contributed by atoms with Gasteiger partial charge in [-0.15, -0.1) is 11.8 Å². The molecule has 25 heavy (non-hydrogen) atoms. The molecule has 0 bridgehead atoms. The first-order valence-electron chi connectivity index (χ1n) is 8.42. The van der Waals surface area contributed by atoms with Crippen LogP contribution in [0.15, 0.2) is 83.8 Å². The SMILES string of the molecule is CSc1ccccc1-c1cc2c3c(cccc3c1)Nc1ccccc1-2. The number of hydrogen-bond donors (Lipinski definition) is 1. The lowest BCUT2D eigenvalue weighted by Gasteiger charge is -2.23. The van der Waals surface area contributed by atoms with E-state index in [2.05, 4.69) is 90.4 Å². The minimum absolute atomic E-state index is 1.18. The Hall–Kier alpha value is -2.71. The van der Waals surface area contributed by atoms with Gasteiger partial charge < -0.3 is 5.32 Å². The summed E-state index contributed by atoms with van der Waals surface area (Å²) in [5.41, 5.74) is 7.53. The van der Waals surface area contributed by atoms with Gasteiger partial charge in [-0.1, -0.05) is 48.5 Å². The summed E-state index contributed by atoms with van der Waals surface area (Å²) < 4.78 is 0. The third-order valence-electron chi connectivity index (χ3n) is 4.88. The van der Waals surface area contributed by atoms with Crippen LogP contribution < -0.4 is 5.32 Å². The van der Waals surface area contributed by atoms with Crippen LogP contribution in [0.3, 0.4) is 0 Å². The van der Waals surface area contributed by atoms with Crippen LogP contribution in [0.2, 0.25) is 0 Å². The zero-order valence-electron chi connectivity index (χ0n) is 13.9. The summed E-state index contributed by atoms with van der Waals surface area (Å²) >= 11 is 1.80. The molecule has 4 aromatic rings. The predicted octanol–water partition coefficient (Wildman–Crippen LogP) is 6.95. The molecule has 2 heteroatoms. The van der Waals surface area contributed by atoms with Crippen molar-refractivity contribution in [3.63, 3.8) is 0 Å². The lowest BCUT2D eigenvalue weighted by atomic mass is 9.89. The molecule has 4 aromatic carbocycles. The van der Waals surface area contributed by atoms with E-state index >= 15 is 0 Å². The lowest BCUT2D eigenvalue weighted by molar-refractivity contribution is 1.45. The fourth-order valence-electron chi connectivity index (χ4n) is 3.76. The highest BCUT2D eigenvalue weighted by molar-refractivity contribution is 7.98. The quantitative estimate of drug-likeness (QED) is 0.349. The summed E-state index contributed by atoms with van der Waals surface area (Å²) in [7, 11) is 0. The van der Waals surface area contributed by atoms with Crippen LogP contribution >= 0.6 is 11.8 Å². The van der Waals surface area contributed by atoms with Crippen molar-refractivity contribution in [2.24, 2.45) is 0 Å². The summed E-state index contributed by atoms with van der Waals surface area (Å²) in [4.78, 5) is 1.31. The molecule has 0 atom stereocenters. The van der Waals surface area contributed by atoms with E-state index in [9.17, 15) is 0 Å². The predicted molar refractivity (Wildman–Crippen MR) is 110 cm³/mol. The van der Waals surface area contributed by atoms with E-state index in [1.54, 1.807) is 11.8 Å². The molecule has 5 rings (SSSR count). The first-order chi connectivity index (χ1) is 12.3. The van der Waals surface area contributed by atoms with Gasteiger partial charge in [-0.3, -0.25) is 0 Å². The molecule has 0 radical (unpaired) electrons. The zero-order chi connectivity index (χ0) is 16.8. The van der Waals surface area contributed by atoms with Gasteiger partial charge in [0.1, 0.15) is 0 Å².